The smallest absolute Gasteiger partial charge is 0.244 e. The first-order chi connectivity index (χ1) is 16.1. The summed E-state index contributed by atoms with van der Waals surface area (Å²) in [6, 6.07) is 10.7. The predicted molar refractivity (Wildman–Crippen MR) is 133 cm³/mol. The third-order valence-corrected chi connectivity index (χ3v) is 6.32. The number of amides is 2. The van der Waals surface area contributed by atoms with E-state index in [1.165, 1.54) is 56.3 Å². The van der Waals surface area contributed by atoms with E-state index in [-0.39, 0.29) is 29.1 Å². The number of carbonyl (C=O) groups is 3. The number of Topliss-reactive ketones (excluding diaryl/α,β-unsaturated/α-hetero) is 1. The maximum Gasteiger partial charge on any atom is 0.244 e. The van der Waals surface area contributed by atoms with Crippen molar-refractivity contribution < 1.29 is 27.2 Å². The summed E-state index contributed by atoms with van der Waals surface area (Å²) in [5.41, 5.74) is 0.0147. The monoisotopic (exact) mass is 505 g/mol. The standard InChI is InChI=1S/C25H32FN3O5S/c1-17(24(32)27-25(3,4)5)28(15-20-10-7-8-13-22(20)26)23(31)16-29(35(6,33)34)21-12-9-11-19(14-21)18(2)30/h7-14,17H,15-16H2,1-6H3,(H,27,32)/t17-/m0/s1. The molecule has 2 aromatic carbocycles. The number of sulfonamides is 1. The van der Waals surface area contributed by atoms with Crippen molar-refractivity contribution >= 4 is 33.3 Å². The van der Waals surface area contributed by atoms with Crippen molar-refractivity contribution in [2.45, 2.75) is 52.7 Å². The van der Waals surface area contributed by atoms with Gasteiger partial charge >= 0.3 is 0 Å². The van der Waals surface area contributed by atoms with E-state index in [1.807, 2.05) is 0 Å². The molecule has 0 fully saturated rings. The molecule has 0 aliphatic rings. The molecule has 0 radical (unpaired) electrons. The van der Waals surface area contributed by atoms with Gasteiger partial charge in [0.1, 0.15) is 18.4 Å². The number of hydrogen-bond acceptors (Lipinski definition) is 5. The fourth-order valence-electron chi connectivity index (χ4n) is 3.36. The van der Waals surface area contributed by atoms with Crippen LogP contribution in [0.25, 0.3) is 0 Å². The van der Waals surface area contributed by atoms with Gasteiger partial charge in [-0.25, -0.2) is 12.8 Å². The highest BCUT2D eigenvalue weighted by atomic mass is 32.2. The molecule has 10 heteroatoms. The van der Waals surface area contributed by atoms with Crippen LogP contribution in [0.4, 0.5) is 10.1 Å². The van der Waals surface area contributed by atoms with E-state index in [4.69, 9.17) is 0 Å². The van der Waals surface area contributed by atoms with Crippen LogP contribution in [0.15, 0.2) is 48.5 Å². The van der Waals surface area contributed by atoms with Crippen LogP contribution in [-0.4, -0.2) is 55.3 Å². The third kappa shape index (κ3) is 7.88. The number of halogens is 1. The number of rotatable bonds is 9. The quantitative estimate of drug-likeness (QED) is 0.528. The Morgan fingerprint density at radius 3 is 2.23 bits per heavy atom. The molecule has 35 heavy (non-hydrogen) atoms. The highest BCUT2D eigenvalue weighted by Crippen LogP contribution is 2.21. The number of nitrogens with zero attached hydrogens (tertiary/aromatic N) is 2. The average Bonchev–Trinajstić information content (AvgIpc) is 2.74. The van der Waals surface area contributed by atoms with Gasteiger partial charge in [0.05, 0.1) is 11.9 Å². The summed E-state index contributed by atoms with van der Waals surface area (Å²) in [5.74, 6) is -1.99. The molecule has 0 bridgehead atoms. The molecule has 1 N–H and O–H groups in total. The fourth-order valence-corrected chi connectivity index (χ4v) is 4.20. The average molecular weight is 506 g/mol. The van der Waals surface area contributed by atoms with E-state index >= 15 is 0 Å². The Bertz CT molecular complexity index is 1210. The summed E-state index contributed by atoms with van der Waals surface area (Å²) in [7, 11) is -3.94. The van der Waals surface area contributed by atoms with E-state index < -0.39 is 45.8 Å². The van der Waals surface area contributed by atoms with Gasteiger partial charge in [-0.2, -0.15) is 0 Å². The lowest BCUT2D eigenvalue weighted by Crippen LogP contribution is -2.54. The predicted octanol–water partition coefficient (Wildman–Crippen LogP) is 3.13. The molecule has 0 heterocycles. The number of ketones is 1. The zero-order chi connectivity index (χ0) is 26.6. The molecule has 0 saturated carbocycles. The van der Waals surface area contributed by atoms with Crippen LogP contribution >= 0.6 is 0 Å². The van der Waals surface area contributed by atoms with Crippen LogP contribution in [0.5, 0.6) is 0 Å². The summed E-state index contributed by atoms with van der Waals surface area (Å²) in [4.78, 5) is 39.3. The molecule has 2 aromatic rings. The van der Waals surface area contributed by atoms with Crippen molar-refractivity contribution in [2.24, 2.45) is 0 Å². The maximum atomic E-state index is 14.4. The van der Waals surface area contributed by atoms with E-state index in [9.17, 15) is 27.2 Å². The maximum absolute atomic E-state index is 14.4. The van der Waals surface area contributed by atoms with Gasteiger partial charge in [-0.1, -0.05) is 30.3 Å². The van der Waals surface area contributed by atoms with E-state index in [0.29, 0.717) is 0 Å². The zero-order valence-corrected chi connectivity index (χ0v) is 21.6. The summed E-state index contributed by atoms with van der Waals surface area (Å²) >= 11 is 0. The lowest BCUT2D eigenvalue weighted by atomic mass is 10.1. The summed E-state index contributed by atoms with van der Waals surface area (Å²) in [6.45, 7) is 7.33. The third-order valence-electron chi connectivity index (χ3n) is 5.18. The molecular formula is C25H32FN3O5S. The number of hydrogen-bond donors (Lipinski definition) is 1. The second kappa shape index (κ2) is 11.0. The summed E-state index contributed by atoms with van der Waals surface area (Å²) in [6.07, 6.45) is 0.942. The van der Waals surface area contributed by atoms with Crippen molar-refractivity contribution in [3.8, 4) is 0 Å². The van der Waals surface area contributed by atoms with E-state index in [2.05, 4.69) is 5.32 Å². The van der Waals surface area contributed by atoms with Gasteiger partial charge in [0.25, 0.3) is 0 Å². The molecule has 0 spiro atoms. The van der Waals surface area contributed by atoms with Crippen molar-refractivity contribution in [3.05, 3.63) is 65.5 Å². The first-order valence-corrected chi connectivity index (χ1v) is 12.9. The van der Waals surface area contributed by atoms with Gasteiger partial charge in [0.15, 0.2) is 5.78 Å². The van der Waals surface area contributed by atoms with Crippen LogP contribution in [0, 0.1) is 5.82 Å². The Morgan fingerprint density at radius 1 is 1.06 bits per heavy atom. The normalized spacial score (nSPS) is 12.5. The Balaban J connectivity index is 2.46. The number of carbonyl (C=O) groups excluding carboxylic acids is 3. The van der Waals surface area contributed by atoms with Gasteiger partial charge < -0.3 is 10.2 Å². The van der Waals surface area contributed by atoms with E-state index in [0.717, 1.165) is 15.5 Å². The van der Waals surface area contributed by atoms with Crippen molar-refractivity contribution in [2.75, 3.05) is 17.1 Å². The van der Waals surface area contributed by atoms with Gasteiger partial charge in [-0.05, 0) is 52.8 Å². The van der Waals surface area contributed by atoms with Gasteiger partial charge in [-0.3, -0.25) is 18.7 Å². The van der Waals surface area contributed by atoms with E-state index in [1.54, 1.807) is 26.8 Å². The minimum atomic E-state index is -3.94. The molecule has 190 valence electrons. The SMILES string of the molecule is CC(=O)c1cccc(N(CC(=O)N(Cc2ccccc2F)[C@@H](C)C(=O)NC(C)(C)C)S(C)(=O)=O)c1. The largest absolute Gasteiger partial charge is 0.350 e. The molecule has 0 unspecified atom stereocenters. The molecule has 2 amide bonds. The minimum Gasteiger partial charge on any atom is -0.350 e. The first kappa shape index (κ1) is 28.0. The lowest BCUT2D eigenvalue weighted by molar-refractivity contribution is -0.140. The Hall–Kier alpha value is -3.27. The minimum absolute atomic E-state index is 0.131. The van der Waals surface area contributed by atoms with Crippen molar-refractivity contribution in [1.29, 1.82) is 0 Å². The van der Waals surface area contributed by atoms with Crippen molar-refractivity contribution in [1.82, 2.24) is 10.2 Å². The molecule has 0 aliphatic heterocycles. The van der Waals surface area contributed by atoms with Crippen molar-refractivity contribution in [3.63, 3.8) is 0 Å². The second-order valence-corrected chi connectivity index (χ2v) is 11.3. The molecule has 0 aromatic heterocycles. The summed E-state index contributed by atoms with van der Waals surface area (Å²) < 4.78 is 40.5. The molecule has 1 atom stereocenters. The Labute approximate surface area is 206 Å². The van der Waals surface area contributed by atoms with Crippen LogP contribution < -0.4 is 9.62 Å². The number of anilines is 1. The number of nitrogens with one attached hydrogen (secondary N) is 1. The second-order valence-electron chi connectivity index (χ2n) is 9.40. The molecule has 8 nitrogen and oxygen atoms in total. The molecule has 2 rings (SSSR count). The Kier molecular flexibility index (Phi) is 8.78. The van der Waals surface area contributed by atoms with Crippen LogP contribution in [0.1, 0.15) is 50.5 Å². The topological polar surface area (TPSA) is 104 Å². The van der Waals surface area contributed by atoms with Gasteiger partial charge in [-0.15, -0.1) is 0 Å². The molecular weight excluding hydrogens is 473 g/mol. The lowest BCUT2D eigenvalue weighted by Gasteiger charge is -2.33. The summed E-state index contributed by atoms with van der Waals surface area (Å²) in [5, 5.41) is 2.79. The molecule has 0 aliphatic carbocycles. The number of benzene rings is 2. The molecule has 0 saturated heterocycles. The highest BCUT2D eigenvalue weighted by molar-refractivity contribution is 7.92. The van der Waals surface area contributed by atoms with Gasteiger partial charge in [0.2, 0.25) is 21.8 Å². The Morgan fingerprint density at radius 2 is 1.69 bits per heavy atom. The van der Waals surface area contributed by atoms with Gasteiger partial charge in [0, 0.05) is 23.2 Å². The van der Waals surface area contributed by atoms with Crippen LogP contribution in [-0.2, 0) is 26.2 Å². The van der Waals surface area contributed by atoms with Crippen LogP contribution in [0.3, 0.4) is 0 Å². The first-order valence-electron chi connectivity index (χ1n) is 11.0. The van der Waals surface area contributed by atoms with Crippen LogP contribution in [0.2, 0.25) is 0 Å². The highest BCUT2D eigenvalue weighted by Gasteiger charge is 2.32. The zero-order valence-electron chi connectivity index (χ0n) is 20.8. The fraction of sp³-hybridized carbons (Fsp3) is 0.400.